The number of hydrogen-bond donors (Lipinski definition) is 0. The van der Waals surface area contributed by atoms with Gasteiger partial charge in [0.1, 0.15) is 0 Å². The molecule has 0 radical (unpaired) electrons. The van der Waals surface area contributed by atoms with Crippen LogP contribution in [0, 0.1) is 104 Å². The molecule has 0 saturated carbocycles. The molecule has 0 saturated heterocycles. The number of rotatable bonds is 20. The SMILES string of the molecule is Cc1ccc(-c2ccc(N(c3ccc(C)cc3)c3ccc(C)cc3)cc2)cc1.Cc1ccc(N(N=Cc2ccc(N(c3ccc(C)cc3)c3ccc(C)cc3)cc2)c2ccccc2)cc1.Cc1ccc(N(c2ccc(C)cc2)c2ccc(C)cc2)cc1.Cc1ccc(N(c2ccc(C)cc2)c2ccc3c(c2)C(C)(C)c2cc(C)ccc2-3)cc1.Cc1ccc(N(c2ccc(C)cc2)c2ccc3c(c2)C(C)(C)c2cc(C)ccc2-3)cc1. The maximum Gasteiger partial charge on any atom is 0.0652 e. The van der Waals surface area contributed by atoms with Crippen LogP contribution in [0.3, 0.4) is 0 Å². The van der Waals surface area contributed by atoms with E-state index < -0.39 is 0 Å². The number of benzene rings is 20. The van der Waals surface area contributed by atoms with Gasteiger partial charge in [-0.05, 0) is 371 Å². The van der Waals surface area contributed by atoms with E-state index in [1.165, 1.54) is 190 Å². The molecule has 22 rings (SSSR count). The highest BCUT2D eigenvalue weighted by Gasteiger charge is 2.38. The second kappa shape index (κ2) is 45.2. The van der Waals surface area contributed by atoms with Crippen LogP contribution in [0.5, 0.6) is 0 Å². The van der Waals surface area contributed by atoms with Crippen LogP contribution in [0.2, 0.25) is 0 Å². The van der Waals surface area contributed by atoms with Crippen molar-refractivity contribution in [1.82, 2.24) is 0 Å². The summed E-state index contributed by atoms with van der Waals surface area (Å²) in [6.45, 7) is 41.3. The van der Waals surface area contributed by atoms with Crippen molar-refractivity contribution >= 4 is 103 Å². The van der Waals surface area contributed by atoms with Crippen LogP contribution >= 0.6 is 0 Å². The second-order valence-corrected chi connectivity index (χ2v) is 41.4. The fourth-order valence-corrected chi connectivity index (χ4v) is 19.7. The summed E-state index contributed by atoms with van der Waals surface area (Å²) >= 11 is 0. The topological polar surface area (TPSA) is 31.8 Å². The molecule has 0 aliphatic heterocycles. The van der Waals surface area contributed by atoms with E-state index in [9.17, 15) is 0 Å². The van der Waals surface area contributed by atoms with Gasteiger partial charge in [0.15, 0.2) is 0 Å². The number of hydrogen-bond acceptors (Lipinski definition) is 7. The highest BCUT2D eigenvalue weighted by atomic mass is 15.5. The fraction of sp³-hybridized carbons (Fsp3) is 0.148. The van der Waals surface area contributed by atoms with E-state index in [1.54, 1.807) is 0 Å². The minimum Gasteiger partial charge on any atom is -0.311 e. The Labute approximate surface area is 885 Å². The maximum atomic E-state index is 4.87. The Morgan fingerprint density at radius 3 is 0.550 bits per heavy atom. The van der Waals surface area contributed by atoms with Gasteiger partial charge in [0.25, 0.3) is 0 Å². The third-order valence-corrected chi connectivity index (χ3v) is 28.6. The molecule has 7 heteroatoms. The van der Waals surface area contributed by atoms with Crippen molar-refractivity contribution < 1.29 is 0 Å². The van der Waals surface area contributed by atoms with Crippen molar-refractivity contribution in [2.45, 2.75) is 142 Å². The van der Waals surface area contributed by atoms with Gasteiger partial charge in [-0.2, -0.15) is 5.10 Å². The van der Waals surface area contributed by atoms with Crippen molar-refractivity contribution in [3.05, 3.63) is 578 Å². The predicted octanol–water partition coefficient (Wildman–Crippen LogP) is 39.9. The summed E-state index contributed by atoms with van der Waals surface area (Å²) in [5, 5.41) is 6.84. The summed E-state index contributed by atoms with van der Waals surface area (Å²) in [5.74, 6) is 0. The highest BCUT2D eigenvalue weighted by Crippen LogP contribution is 2.54. The molecule has 0 fully saturated rings. The zero-order valence-electron chi connectivity index (χ0n) is 89.7. The van der Waals surface area contributed by atoms with Crippen LogP contribution in [-0.2, 0) is 10.8 Å². The summed E-state index contributed by atoms with van der Waals surface area (Å²) in [7, 11) is 0. The Morgan fingerprint density at radius 1 is 0.154 bits per heavy atom. The third kappa shape index (κ3) is 23.9. The average molecular weight is 1940 g/mol. The fourth-order valence-electron chi connectivity index (χ4n) is 19.7. The summed E-state index contributed by atoms with van der Waals surface area (Å²) in [4.78, 5) is 11.6. The summed E-state index contributed by atoms with van der Waals surface area (Å²) in [6.07, 6.45) is 1.92. The van der Waals surface area contributed by atoms with E-state index in [0.717, 1.165) is 51.1 Å². The van der Waals surface area contributed by atoms with Crippen molar-refractivity contribution in [1.29, 1.82) is 0 Å². The molecule has 2 aliphatic rings. The third-order valence-electron chi connectivity index (χ3n) is 28.6. The Kier molecular flexibility index (Phi) is 30.9. The molecule has 20 aromatic rings. The molecule has 20 aromatic carbocycles. The molecule has 0 bridgehead atoms. The summed E-state index contributed by atoms with van der Waals surface area (Å²) < 4.78 is 0. The molecule has 0 aromatic heterocycles. The van der Waals surface area contributed by atoms with Gasteiger partial charge in [0.05, 0.1) is 17.6 Å². The Morgan fingerprint density at radius 2 is 0.315 bits per heavy atom. The van der Waals surface area contributed by atoms with Gasteiger partial charge in [-0.25, -0.2) is 5.01 Å². The van der Waals surface area contributed by atoms with Crippen LogP contribution in [0.4, 0.5) is 96.7 Å². The highest BCUT2D eigenvalue weighted by molar-refractivity contribution is 5.90. The van der Waals surface area contributed by atoms with Crippen molar-refractivity contribution in [3.63, 3.8) is 0 Å². The molecule has 738 valence electrons. The Bertz CT molecular complexity index is 7460. The average Bonchev–Trinajstić information content (AvgIpc) is 1.57. The van der Waals surface area contributed by atoms with Crippen LogP contribution in [0.1, 0.15) is 139 Å². The van der Waals surface area contributed by atoms with E-state index in [-0.39, 0.29) is 10.8 Å². The maximum absolute atomic E-state index is 4.87. The Hall–Kier alpha value is -17.1. The number of hydrazone groups is 1. The number of fused-ring (bicyclic) bond motifs is 6. The standard InChI is InChI=1S/C34H31N3.2C30H29N.C27H25N.C21H21N/c1-26-9-17-30(18-10-26)36(31-19-11-27(2)12-20-31)32-23-15-29(16-24-32)25-35-37(33-7-5-4-6-8-33)34-21-13-28(3)14-22-34;2*1-20-6-11-23(12-7-20)31(24-13-8-21(2)9-14-24)25-15-17-27-26-16-10-22(3)18-28(26)30(4,5)29(27)19-25;1-20-4-10-23(11-5-20)24-12-18-27(19-13-24)28(25-14-6-21(2)7-15-25)26-16-8-22(3)9-17-26;1-16-4-10-19(11-5-16)22(20-12-6-17(2)7-13-20)21-14-8-18(3)9-15-21/h4-25H,1-3H3;2*6-19H,1-5H3;4-19H,1-3H3;4-15H,1-3H3. The summed E-state index contributed by atoms with van der Waals surface area (Å²) in [6, 6.07) is 168. The number of nitrogens with zero attached hydrogens (tertiary/aromatic N) is 7. The zero-order valence-corrected chi connectivity index (χ0v) is 89.7. The molecule has 0 N–H and O–H groups in total. The molecular formula is C142H135N7. The quantitative estimate of drug-likeness (QED) is 0.0558. The molecule has 0 spiro atoms. The van der Waals surface area contributed by atoms with E-state index in [1.807, 2.05) is 29.4 Å². The molecule has 0 atom stereocenters. The lowest BCUT2D eigenvalue weighted by atomic mass is 9.82. The molecule has 2 aliphatic carbocycles. The lowest BCUT2D eigenvalue weighted by Gasteiger charge is -2.28. The number of anilines is 17. The van der Waals surface area contributed by atoms with E-state index in [2.05, 4.69) is 605 Å². The van der Waals surface area contributed by atoms with Crippen LogP contribution in [0.15, 0.2) is 472 Å². The van der Waals surface area contributed by atoms with Crippen LogP contribution < -0.4 is 29.5 Å². The number of aryl methyl sites for hydroxylation is 15. The molecule has 149 heavy (non-hydrogen) atoms. The molecule has 7 nitrogen and oxygen atoms in total. The van der Waals surface area contributed by atoms with Crippen LogP contribution in [0.25, 0.3) is 33.4 Å². The van der Waals surface area contributed by atoms with Gasteiger partial charge >= 0.3 is 0 Å². The monoisotopic (exact) mass is 1940 g/mol. The van der Waals surface area contributed by atoms with Gasteiger partial charge in [0.2, 0.25) is 0 Å². The first kappa shape index (κ1) is 102. The lowest BCUT2D eigenvalue weighted by molar-refractivity contribution is 0.659. The van der Waals surface area contributed by atoms with Gasteiger partial charge < -0.3 is 24.5 Å². The van der Waals surface area contributed by atoms with Gasteiger partial charge in [0, 0.05) is 96.1 Å². The van der Waals surface area contributed by atoms with E-state index in [4.69, 9.17) is 5.10 Å². The van der Waals surface area contributed by atoms with Crippen LogP contribution in [-0.4, -0.2) is 6.21 Å². The normalized spacial score (nSPS) is 11.9. The minimum absolute atomic E-state index is 0.0150. The van der Waals surface area contributed by atoms with Crippen molar-refractivity contribution in [2.75, 3.05) is 29.5 Å². The predicted molar refractivity (Wildman–Crippen MR) is 640 cm³/mol. The lowest BCUT2D eigenvalue weighted by Crippen LogP contribution is -2.16. The Balaban J connectivity index is 0.000000123. The first-order valence-corrected chi connectivity index (χ1v) is 52.0. The molecule has 0 heterocycles. The smallest absolute Gasteiger partial charge is 0.0652 e. The zero-order chi connectivity index (χ0) is 104. The van der Waals surface area contributed by atoms with E-state index >= 15 is 0 Å². The van der Waals surface area contributed by atoms with Gasteiger partial charge in [-0.15, -0.1) is 0 Å². The summed E-state index contributed by atoms with van der Waals surface area (Å²) in [5.41, 5.74) is 53.2. The van der Waals surface area contributed by atoms with Crippen molar-refractivity contribution in [2.24, 2.45) is 5.10 Å². The second-order valence-electron chi connectivity index (χ2n) is 41.4. The molecule has 0 unspecified atom stereocenters. The first-order chi connectivity index (χ1) is 72.0. The van der Waals surface area contributed by atoms with Gasteiger partial charge in [-0.3, -0.25) is 0 Å². The van der Waals surface area contributed by atoms with Crippen molar-refractivity contribution in [3.8, 4) is 33.4 Å². The van der Waals surface area contributed by atoms with Gasteiger partial charge in [-0.1, -0.05) is 372 Å². The largest absolute Gasteiger partial charge is 0.311 e. The first-order valence-electron chi connectivity index (χ1n) is 52.0. The number of para-hydroxylation sites is 1. The minimum atomic E-state index is -0.0150. The molecular weight excluding hydrogens is 1800 g/mol. The van der Waals surface area contributed by atoms with E-state index in [0.29, 0.717) is 0 Å². The molecule has 0 amide bonds.